The van der Waals surface area contributed by atoms with Gasteiger partial charge in [0.15, 0.2) is 0 Å². The fourth-order valence-electron chi connectivity index (χ4n) is 3.01. The standard InChI is InChI=1S/C17H23N3O3/c21-16(18-14-3-1-2-4-14)13-5-7-15(8-6-13)19-17(22)20-9-11-23-12-10-20/h5-8,14H,1-4,9-12H2,(H,18,21)(H,19,22). The minimum atomic E-state index is -0.128. The summed E-state index contributed by atoms with van der Waals surface area (Å²) in [5, 5.41) is 5.91. The number of nitrogens with zero attached hydrogens (tertiary/aromatic N) is 1. The van der Waals surface area contributed by atoms with Crippen molar-refractivity contribution >= 4 is 17.6 Å². The molecule has 1 aromatic rings. The summed E-state index contributed by atoms with van der Waals surface area (Å²) in [6.07, 6.45) is 4.52. The molecule has 1 saturated carbocycles. The quantitative estimate of drug-likeness (QED) is 0.898. The zero-order chi connectivity index (χ0) is 16.1. The summed E-state index contributed by atoms with van der Waals surface area (Å²) in [7, 11) is 0. The van der Waals surface area contributed by atoms with E-state index in [4.69, 9.17) is 4.74 Å². The van der Waals surface area contributed by atoms with Crippen LogP contribution in [0.2, 0.25) is 0 Å². The fraction of sp³-hybridized carbons (Fsp3) is 0.529. The molecule has 6 nitrogen and oxygen atoms in total. The summed E-state index contributed by atoms with van der Waals surface area (Å²) in [5.74, 6) is -0.0389. The van der Waals surface area contributed by atoms with E-state index in [9.17, 15) is 9.59 Å². The molecule has 2 fully saturated rings. The first kappa shape index (κ1) is 15.8. The number of urea groups is 1. The van der Waals surface area contributed by atoms with Crippen LogP contribution in [0.15, 0.2) is 24.3 Å². The van der Waals surface area contributed by atoms with Crippen molar-refractivity contribution in [3.63, 3.8) is 0 Å². The summed E-state index contributed by atoms with van der Waals surface area (Å²) >= 11 is 0. The van der Waals surface area contributed by atoms with E-state index >= 15 is 0 Å². The molecule has 6 heteroatoms. The Morgan fingerprint density at radius 3 is 2.35 bits per heavy atom. The molecule has 0 bridgehead atoms. The molecule has 0 atom stereocenters. The highest BCUT2D eigenvalue weighted by molar-refractivity contribution is 5.95. The van der Waals surface area contributed by atoms with Crippen LogP contribution in [0.1, 0.15) is 36.0 Å². The summed E-state index contributed by atoms with van der Waals surface area (Å²) < 4.78 is 5.23. The van der Waals surface area contributed by atoms with Gasteiger partial charge >= 0.3 is 6.03 Å². The number of hydrogen-bond donors (Lipinski definition) is 2. The van der Waals surface area contributed by atoms with Gasteiger partial charge in [0.2, 0.25) is 0 Å². The smallest absolute Gasteiger partial charge is 0.321 e. The highest BCUT2D eigenvalue weighted by Gasteiger charge is 2.19. The number of carbonyl (C=O) groups is 2. The van der Waals surface area contributed by atoms with Crippen LogP contribution in [0.25, 0.3) is 0 Å². The van der Waals surface area contributed by atoms with Gasteiger partial charge in [0.05, 0.1) is 13.2 Å². The molecule has 1 aromatic carbocycles. The lowest BCUT2D eigenvalue weighted by Gasteiger charge is -2.26. The lowest BCUT2D eigenvalue weighted by molar-refractivity contribution is 0.0564. The number of amides is 3. The Morgan fingerprint density at radius 1 is 1.04 bits per heavy atom. The molecule has 1 heterocycles. The summed E-state index contributed by atoms with van der Waals surface area (Å²) in [6.45, 7) is 2.36. The molecular weight excluding hydrogens is 294 g/mol. The Balaban J connectivity index is 1.53. The van der Waals surface area contributed by atoms with E-state index in [0.29, 0.717) is 43.6 Å². The molecule has 0 spiro atoms. The van der Waals surface area contributed by atoms with E-state index in [-0.39, 0.29) is 11.9 Å². The molecule has 1 aliphatic carbocycles. The summed E-state index contributed by atoms with van der Waals surface area (Å²) in [4.78, 5) is 26.0. The number of carbonyl (C=O) groups excluding carboxylic acids is 2. The Bertz CT molecular complexity index is 547. The normalized spacial score (nSPS) is 18.7. The van der Waals surface area contributed by atoms with Crippen molar-refractivity contribution in [2.45, 2.75) is 31.7 Å². The maximum atomic E-state index is 12.2. The highest BCUT2D eigenvalue weighted by Crippen LogP contribution is 2.18. The van der Waals surface area contributed by atoms with E-state index in [2.05, 4.69) is 10.6 Å². The molecule has 2 aliphatic rings. The molecule has 0 aromatic heterocycles. The van der Waals surface area contributed by atoms with Crippen molar-refractivity contribution in [1.29, 1.82) is 0 Å². The molecule has 1 saturated heterocycles. The highest BCUT2D eigenvalue weighted by atomic mass is 16.5. The van der Waals surface area contributed by atoms with Gasteiger partial charge in [-0.15, -0.1) is 0 Å². The maximum Gasteiger partial charge on any atom is 0.321 e. The average Bonchev–Trinajstić information content (AvgIpc) is 3.09. The third-order valence-electron chi connectivity index (χ3n) is 4.39. The minimum Gasteiger partial charge on any atom is -0.378 e. The van der Waals surface area contributed by atoms with Crippen LogP contribution >= 0.6 is 0 Å². The maximum absolute atomic E-state index is 12.2. The van der Waals surface area contributed by atoms with Crippen molar-refractivity contribution in [2.75, 3.05) is 31.6 Å². The second kappa shape index (κ2) is 7.46. The van der Waals surface area contributed by atoms with Gasteiger partial charge in [0.1, 0.15) is 0 Å². The van der Waals surface area contributed by atoms with Crippen LogP contribution in [-0.4, -0.2) is 49.2 Å². The molecule has 1 aliphatic heterocycles. The minimum absolute atomic E-state index is 0.0389. The van der Waals surface area contributed by atoms with Crippen molar-refractivity contribution < 1.29 is 14.3 Å². The number of benzene rings is 1. The molecule has 0 unspecified atom stereocenters. The molecular formula is C17H23N3O3. The van der Waals surface area contributed by atoms with Crippen LogP contribution in [0, 0.1) is 0 Å². The van der Waals surface area contributed by atoms with Gasteiger partial charge in [-0.2, -0.15) is 0 Å². The average molecular weight is 317 g/mol. The molecule has 124 valence electrons. The Kier molecular flexibility index (Phi) is 5.12. The van der Waals surface area contributed by atoms with Gasteiger partial charge in [-0.1, -0.05) is 12.8 Å². The molecule has 3 rings (SSSR count). The van der Waals surface area contributed by atoms with Crippen LogP contribution < -0.4 is 10.6 Å². The third-order valence-corrected chi connectivity index (χ3v) is 4.39. The number of morpholine rings is 1. The van der Waals surface area contributed by atoms with Gasteiger partial charge in [-0.25, -0.2) is 4.79 Å². The van der Waals surface area contributed by atoms with Crippen LogP contribution in [-0.2, 0) is 4.74 Å². The predicted octanol–water partition coefficient (Wildman–Crippen LogP) is 2.22. The second-order valence-electron chi connectivity index (χ2n) is 6.06. The van der Waals surface area contributed by atoms with E-state index in [1.54, 1.807) is 29.2 Å². The predicted molar refractivity (Wildman–Crippen MR) is 87.6 cm³/mol. The third kappa shape index (κ3) is 4.22. The van der Waals surface area contributed by atoms with E-state index < -0.39 is 0 Å². The van der Waals surface area contributed by atoms with Crippen molar-refractivity contribution in [1.82, 2.24) is 10.2 Å². The van der Waals surface area contributed by atoms with Gasteiger partial charge in [0.25, 0.3) is 5.91 Å². The van der Waals surface area contributed by atoms with E-state index in [0.717, 1.165) is 12.8 Å². The summed E-state index contributed by atoms with van der Waals surface area (Å²) in [6, 6.07) is 7.21. The molecule has 3 amide bonds. The largest absolute Gasteiger partial charge is 0.378 e. The van der Waals surface area contributed by atoms with Gasteiger partial charge in [-0.3, -0.25) is 4.79 Å². The number of ether oxygens (including phenoxy) is 1. The SMILES string of the molecule is O=C(NC1CCCC1)c1ccc(NC(=O)N2CCOCC2)cc1. The van der Waals surface area contributed by atoms with Crippen molar-refractivity contribution in [3.05, 3.63) is 29.8 Å². The first-order chi connectivity index (χ1) is 11.2. The second-order valence-corrected chi connectivity index (χ2v) is 6.06. The van der Waals surface area contributed by atoms with E-state index in [1.807, 2.05) is 0 Å². The Hall–Kier alpha value is -2.08. The van der Waals surface area contributed by atoms with Gasteiger partial charge in [0, 0.05) is 30.4 Å². The first-order valence-electron chi connectivity index (χ1n) is 8.27. The van der Waals surface area contributed by atoms with Crippen LogP contribution in [0.3, 0.4) is 0 Å². The topological polar surface area (TPSA) is 70.7 Å². The molecule has 0 radical (unpaired) electrons. The monoisotopic (exact) mass is 317 g/mol. The lowest BCUT2D eigenvalue weighted by atomic mass is 10.1. The van der Waals surface area contributed by atoms with Crippen LogP contribution in [0.5, 0.6) is 0 Å². The lowest BCUT2D eigenvalue weighted by Crippen LogP contribution is -2.43. The number of rotatable bonds is 3. The zero-order valence-corrected chi connectivity index (χ0v) is 13.2. The summed E-state index contributed by atoms with van der Waals surface area (Å²) in [5.41, 5.74) is 1.32. The molecule has 23 heavy (non-hydrogen) atoms. The van der Waals surface area contributed by atoms with Crippen molar-refractivity contribution in [3.8, 4) is 0 Å². The zero-order valence-electron chi connectivity index (χ0n) is 13.2. The number of nitrogens with one attached hydrogen (secondary N) is 2. The Labute approximate surface area is 136 Å². The Morgan fingerprint density at radius 2 is 1.70 bits per heavy atom. The van der Waals surface area contributed by atoms with Crippen LogP contribution in [0.4, 0.5) is 10.5 Å². The number of anilines is 1. The fourth-order valence-corrected chi connectivity index (χ4v) is 3.01. The van der Waals surface area contributed by atoms with Crippen molar-refractivity contribution in [2.24, 2.45) is 0 Å². The van der Waals surface area contributed by atoms with E-state index in [1.165, 1.54) is 12.8 Å². The number of hydrogen-bond acceptors (Lipinski definition) is 3. The van der Waals surface area contributed by atoms with Gasteiger partial charge < -0.3 is 20.3 Å². The molecule has 2 N–H and O–H groups in total. The van der Waals surface area contributed by atoms with Gasteiger partial charge in [-0.05, 0) is 37.1 Å². The first-order valence-corrected chi connectivity index (χ1v) is 8.27.